The number of rotatable bonds is 7. The van der Waals surface area contributed by atoms with Crippen molar-refractivity contribution in [3.05, 3.63) is 29.3 Å². The highest BCUT2D eigenvalue weighted by Crippen LogP contribution is 2.15. The molecule has 0 aliphatic rings. The quantitative estimate of drug-likeness (QED) is 0.798. The van der Waals surface area contributed by atoms with Gasteiger partial charge in [0.1, 0.15) is 0 Å². The highest BCUT2D eigenvalue weighted by molar-refractivity contribution is 7.89. The molecule has 0 heterocycles. The molecule has 0 aliphatic heterocycles. The van der Waals surface area contributed by atoms with Gasteiger partial charge in [-0.15, -0.1) is 0 Å². The fourth-order valence-corrected chi connectivity index (χ4v) is 3.24. The Bertz CT molecular complexity index is 662. The summed E-state index contributed by atoms with van der Waals surface area (Å²) in [7, 11) is -3.66. The first-order chi connectivity index (χ1) is 9.76. The molecule has 6 nitrogen and oxygen atoms in total. The minimum absolute atomic E-state index is 0.0159. The molecule has 7 heteroatoms. The summed E-state index contributed by atoms with van der Waals surface area (Å²) in [4.78, 5) is 10.5. The number of carbonyl (C=O) groups is 1. The Morgan fingerprint density at radius 1 is 1.48 bits per heavy atom. The smallest absolute Gasteiger partial charge is 0.303 e. The molecule has 0 aromatic heterocycles. The molecular weight excluding hydrogens is 292 g/mol. The number of nitrogens with one attached hydrogen (secondary N) is 1. The van der Waals surface area contributed by atoms with Crippen LogP contribution in [-0.2, 0) is 14.8 Å². The second-order valence-corrected chi connectivity index (χ2v) is 6.61. The van der Waals surface area contributed by atoms with Crippen LogP contribution in [-0.4, -0.2) is 25.5 Å². The molecule has 0 bridgehead atoms. The number of nitriles is 1. The number of aryl methyl sites for hydroxylation is 1. The number of nitrogens with zero attached hydrogens (tertiary/aromatic N) is 1. The number of hydrogen-bond acceptors (Lipinski definition) is 4. The van der Waals surface area contributed by atoms with E-state index in [0.29, 0.717) is 24.0 Å². The van der Waals surface area contributed by atoms with Gasteiger partial charge in [-0.2, -0.15) is 5.26 Å². The number of aliphatic carboxylic acids is 1. The van der Waals surface area contributed by atoms with E-state index >= 15 is 0 Å². The van der Waals surface area contributed by atoms with Crippen molar-refractivity contribution in [2.45, 2.75) is 44.0 Å². The van der Waals surface area contributed by atoms with Crippen LogP contribution in [0, 0.1) is 18.3 Å². The van der Waals surface area contributed by atoms with Gasteiger partial charge in [-0.1, -0.05) is 0 Å². The van der Waals surface area contributed by atoms with Gasteiger partial charge in [0.25, 0.3) is 0 Å². The van der Waals surface area contributed by atoms with Gasteiger partial charge in [-0.05, 0) is 50.5 Å². The summed E-state index contributed by atoms with van der Waals surface area (Å²) in [6.45, 7) is 3.36. The maximum atomic E-state index is 12.2. The van der Waals surface area contributed by atoms with Gasteiger partial charge in [0.15, 0.2) is 0 Å². The van der Waals surface area contributed by atoms with Crippen molar-refractivity contribution in [2.24, 2.45) is 0 Å². The Morgan fingerprint density at radius 2 is 2.14 bits per heavy atom. The van der Waals surface area contributed by atoms with Gasteiger partial charge in [0, 0.05) is 12.5 Å². The van der Waals surface area contributed by atoms with Crippen molar-refractivity contribution >= 4 is 16.0 Å². The average molecular weight is 310 g/mol. The molecule has 1 atom stereocenters. The van der Waals surface area contributed by atoms with Crippen LogP contribution >= 0.6 is 0 Å². The monoisotopic (exact) mass is 310 g/mol. The molecule has 1 unspecified atom stereocenters. The van der Waals surface area contributed by atoms with Crippen LogP contribution in [0.25, 0.3) is 0 Å². The fraction of sp³-hybridized carbons (Fsp3) is 0.429. The van der Waals surface area contributed by atoms with Crippen LogP contribution in [0.5, 0.6) is 0 Å². The Morgan fingerprint density at radius 3 is 2.67 bits per heavy atom. The summed E-state index contributed by atoms with van der Waals surface area (Å²) in [6, 6.07) is 5.93. The molecule has 21 heavy (non-hydrogen) atoms. The largest absolute Gasteiger partial charge is 0.481 e. The summed E-state index contributed by atoms with van der Waals surface area (Å²) in [5.41, 5.74) is 1.03. The topological polar surface area (TPSA) is 107 Å². The second-order valence-electron chi connectivity index (χ2n) is 4.90. The lowest BCUT2D eigenvalue weighted by Crippen LogP contribution is -2.32. The predicted molar refractivity (Wildman–Crippen MR) is 77.2 cm³/mol. The predicted octanol–water partition coefficient (Wildman–Crippen LogP) is 1.79. The number of sulfonamides is 1. The Kier molecular flexibility index (Phi) is 5.88. The minimum atomic E-state index is -3.66. The first-order valence-electron chi connectivity index (χ1n) is 6.51. The molecule has 0 fully saturated rings. The van der Waals surface area contributed by atoms with E-state index in [1.54, 1.807) is 13.8 Å². The first-order valence-corrected chi connectivity index (χ1v) is 7.99. The van der Waals surface area contributed by atoms with E-state index < -0.39 is 16.0 Å². The average Bonchev–Trinajstić information content (AvgIpc) is 2.37. The van der Waals surface area contributed by atoms with Gasteiger partial charge >= 0.3 is 5.97 Å². The third-order valence-electron chi connectivity index (χ3n) is 3.01. The van der Waals surface area contributed by atoms with Crippen LogP contribution in [0.4, 0.5) is 0 Å². The lowest BCUT2D eigenvalue weighted by atomic mass is 10.1. The molecule has 1 rings (SSSR count). The Balaban J connectivity index is 2.75. The van der Waals surface area contributed by atoms with Crippen LogP contribution in [0.3, 0.4) is 0 Å². The highest BCUT2D eigenvalue weighted by atomic mass is 32.2. The third-order valence-corrected chi connectivity index (χ3v) is 4.60. The van der Waals surface area contributed by atoms with E-state index in [1.807, 2.05) is 6.07 Å². The molecule has 0 saturated heterocycles. The van der Waals surface area contributed by atoms with Crippen molar-refractivity contribution in [1.29, 1.82) is 5.26 Å². The third kappa shape index (κ3) is 5.17. The zero-order valence-electron chi connectivity index (χ0n) is 12.0. The summed E-state index contributed by atoms with van der Waals surface area (Å²) >= 11 is 0. The summed E-state index contributed by atoms with van der Waals surface area (Å²) in [5, 5.41) is 17.4. The van der Waals surface area contributed by atoms with E-state index in [0.717, 1.165) is 0 Å². The van der Waals surface area contributed by atoms with Crippen LogP contribution in [0.15, 0.2) is 23.1 Å². The van der Waals surface area contributed by atoms with E-state index in [-0.39, 0.29) is 17.4 Å². The molecule has 2 N–H and O–H groups in total. The van der Waals surface area contributed by atoms with Crippen LogP contribution in [0.1, 0.15) is 37.3 Å². The SMILES string of the molecule is Cc1cc(S(=O)(=O)NC(C)CCCC(=O)O)ccc1C#N. The number of benzene rings is 1. The zero-order valence-corrected chi connectivity index (χ0v) is 12.8. The lowest BCUT2D eigenvalue weighted by molar-refractivity contribution is -0.137. The number of hydrogen-bond donors (Lipinski definition) is 2. The molecule has 0 saturated carbocycles. The molecule has 0 amide bonds. The van der Waals surface area contributed by atoms with E-state index in [4.69, 9.17) is 10.4 Å². The normalized spacial score (nSPS) is 12.6. The Hall–Kier alpha value is -1.91. The molecule has 0 radical (unpaired) electrons. The van der Waals surface area contributed by atoms with Gasteiger partial charge in [-0.25, -0.2) is 13.1 Å². The molecule has 1 aromatic carbocycles. The molecular formula is C14H18N2O4S. The summed E-state index contributed by atoms with van der Waals surface area (Å²) in [6.07, 6.45) is 0.869. The zero-order chi connectivity index (χ0) is 16.0. The first kappa shape index (κ1) is 17.1. The lowest BCUT2D eigenvalue weighted by Gasteiger charge is -2.14. The van der Waals surface area contributed by atoms with Crippen molar-refractivity contribution in [2.75, 3.05) is 0 Å². The van der Waals surface area contributed by atoms with E-state index in [2.05, 4.69) is 4.72 Å². The molecule has 114 valence electrons. The van der Waals surface area contributed by atoms with Crippen molar-refractivity contribution in [3.63, 3.8) is 0 Å². The Labute approximate surface area is 124 Å². The standard InChI is InChI=1S/C14H18N2O4S/c1-10-8-13(7-6-12(10)9-15)21(19,20)16-11(2)4-3-5-14(17)18/h6-8,11,16H,3-5H2,1-2H3,(H,17,18). The maximum absolute atomic E-state index is 12.2. The van der Waals surface area contributed by atoms with Crippen molar-refractivity contribution in [1.82, 2.24) is 4.72 Å². The minimum Gasteiger partial charge on any atom is -0.481 e. The van der Waals surface area contributed by atoms with E-state index in [1.165, 1.54) is 18.2 Å². The summed E-state index contributed by atoms with van der Waals surface area (Å²) < 4.78 is 26.9. The highest BCUT2D eigenvalue weighted by Gasteiger charge is 2.18. The van der Waals surface area contributed by atoms with Crippen LogP contribution in [0.2, 0.25) is 0 Å². The maximum Gasteiger partial charge on any atom is 0.303 e. The molecule has 0 spiro atoms. The van der Waals surface area contributed by atoms with Gasteiger partial charge in [-0.3, -0.25) is 4.79 Å². The van der Waals surface area contributed by atoms with Gasteiger partial charge in [0.05, 0.1) is 16.5 Å². The number of carboxylic acids is 1. The van der Waals surface area contributed by atoms with Gasteiger partial charge < -0.3 is 5.11 Å². The second kappa shape index (κ2) is 7.20. The van der Waals surface area contributed by atoms with Crippen LogP contribution < -0.4 is 4.72 Å². The van der Waals surface area contributed by atoms with Crippen molar-refractivity contribution < 1.29 is 18.3 Å². The fourth-order valence-electron chi connectivity index (χ4n) is 1.88. The number of carboxylic acid groups (broad SMARTS) is 1. The molecule has 1 aromatic rings. The summed E-state index contributed by atoms with van der Waals surface area (Å²) in [5.74, 6) is -0.896. The van der Waals surface area contributed by atoms with Crippen molar-refractivity contribution in [3.8, 4) is 6.07 Å². The molecule has 0 aliphatic carbocycles. The van der Waals surface area contributed by atoms with E-state index in [9.17, 15) is 13.2 Å². The van der Waals surface area contributed by atoms with Gasteiger partial charge in [0.2, 0.25) is 10.0 Å².